The van der Waals surface area contributed by atoms with E-state index in [0.29, 0.717) is 0 Å². The van der Waals surface area contributed by atoms with Crippen LogP contribution in [0.5, 0.6) is 0 Å². The van der Waals surface area contributed by atoms with E-state index >= 15 is 0 Å². The minimum atomic E-state index is 0.0286. The van der Waals surface area contributed by atoms with Crippen molar-refractivity contribution in [2.24, 2.45) is 0 Å². The summed E-state index contributed by atoms with van der Waals surface area (Å²) in [5.41, 5.74) is 12.4. The predicted octanol–water partition coefficient (Wildman–Crippen LogP) is 7.78. The molecule has 0 unspecified atom stereocenters. The highest BCUT2D eigenvalue weighted by Gasteiger charge is 2.25. The first-order valence-corrected chi connectivity index (χ1v) is 15.5. The molecule has 6 aromatic rings. The largest absolute Gasteiger partial charge is 0.320 e. The molecule has 0 radical (unpaired) electrons. The van der Waals surface area contributed by atoms with Crippen LogP contribution in [0.25, 0.3) is 42.7 Å². The molecule has 188 valence electrons. The van der Waals surface area contributed by atoms with Crippen LogP contribution in [0.3, 0.4) is 0 Å². The van der Waals surface area contributed by atoms with Crippen molar-refractivity contribution in [3.05, 3.63) is 113 Å². The van der Waals surface area contributed by atoms with E-state index in [1.807, 2.05) is 10.8 Å². The molecule has 0 saturated carbocycles. The van der Waals surface area contributed by atoms with E-state index in [9.17, 15) is 9.59 Å². The van der Waals surface area contributed by atoms with E-state index in [4.69, 9.17) is 0 Å². The average Bonchev–Trinajstić information content (AvgIpc) is 3.73. The predicted molar refractivity (Wildman–Crippen MR) is 163 cm³/mol. The molecule has 2 N–H and O–H groups in total. The zero-order valence-electron chi connectivity index (χ0n) is 20.6. The van der Waals surface area contributed by atoms with Crippen LogP contribution in [0.4, 0.5) is 0 Å². The lowest BCUT2D eigenvalue weighted by Gasteiger charge is -2.05. The van der Waals surface area contributed by atoms with E-state index in [0.717, 1.165) is 56.2 Å². The molecule has 0 aliphatic heterocycles. The van der Waals surface area contributed by atoms with Crippen LogP contribution in [0.1, 0.15) is 40.3 Å². The van der Waals surface area contributed by atoms with Crippen LogP contribution >= 0.6 is 38.6 Å². The van der Waals surface area contributed by atoms with Crippen molar-refractivity contribution in [2.45, 2.75) is 31.5 Å². The monoisotopic (exact) mass is 598 g/mol. The Morgan fingerprint density at radius 1 is 0.711 bits per heavy atom. The number of hydrogen-bond acceptors (Lipinski definition) is 4. The molecular weight excluding hydrogens is 576 g/mol. The van der Waals surface area contributed by atoms with Gasteiger partial charge in [-0.3, -0.25) is 9.59 Å². The molecule has 4 heterocycles. The number of hydrogen-bond donors (Lipinski definition) is 2. The van der Waals surface area contributed by atoms with Crippen molar-refractivity contribution in [1.29, 1.82) is 0 Å². The quantitative estimate of drug-likeness (QED) is 0.199. The number of aromatic amines is 2. The summed E-state index contributed by atoms with van der Waals surface area (Å²) < 4.78 is 1.69. The number of halogens is 1. The van der Waals surface area contributed by atoms with E-state index in [2.05, 4.69) is 81.4 Å². The summed E-state index contributed by atoms with van der Waals surface area (Å²) in [7, 11) is 0. The van der Waals surface area contributed by atoms with Gasteiger partial charge in [0.15, 0.2) is 0 Å². The van der Waals surface area contributed by atoms with Crippen LogP contribution in [0.2, 0.25) is 0 Å². The van der Waals surface area contributed by atoms with Crippen LogP contribution in [-0.2, 0) is 24.6 Å². The fourth-order valence-electron chi connectivity index (χ4n) is 6.00. The normalized spacial score (nSPS) is 12.7. The van der Waals surface area contributed by atoms with Crippen LogP contribution in [-0.4, -0.2) is 9.97 Å². The Bertz CT molecular complexity index is 1870. The third kappa shape index (κ3) is 3.52. The van der Waals surface area contributed by atoms with E-state index in [1.54, 1.807) is 0 Å². The van der Waals surface area contributed by atoms with Crippen LogP contribution in [0, 0.1) is 0 Å². The SMILES string of the molecule is CCc1cccc2c1Cc1c-2[nH]c(=O)c2sccc12.O=c1[nH]c2c(c3ccsc13)Cc1c(CBr)cccc1-2. The summed E-state index contributed by atoms with van der Waals surface area (Å²) in [6.45, 7) is 2.18. The number of nitrogens with one attached hydrogen (secondary N) is 2. The summed E-state index contributed by atoms with van der Waals surface area (Å²) in [5.74, 6) is 0. The van der Waals surface area contributed by atoms with Gasteiger partial charge in [-0.1, -0.05) is 59.3 Å². The average molecular weight is 600 g/mol. The number of thiophene rings is 2. The molecular formula is C31H23BrN2O2S2. The maximum atomic E-state index is 12.1. The van der Waals surface area contributed by atoms with E-state index in [1.165, 1.54) is 67.2 Å². The first-order chi connectivity index (χ1) is 18.6. The lowest BCUT2D eigenvalue weighted by Crippen LogP contribution is -2.06. The van der Waals surface area contributed by atoms with Crippen molar-refractivity contribution in [3.63, 3.8) is 0 Å². The highest BCUT2D eigenvalue weighted by Crippen LogP contribution is 2.41. The Morgan fingerprint density at radius 2 is 1.21 bits per heavy atom. The topological polar surface area (TPSA) is 65.7 Å². The van der Waals surface area contributed by atoms with Crippen molar-refractivity contribution in [1.82, 2.24) is 9.97 Å². The Hall–Kier alpha value is -3.26. The van der Waals surface area contributed by atoms with Gasteiger partial charge in [-0.25, -0.2) is 0 Å². The van der Waals surface area contributed by atoms with Gasteiger partial charge in [0, 0.05) is 40.1 Å². The number of benzene rings is 2. The van der Waals surface area contributed by atoms with Gasteiger partial charge in [0.2, 0.25) is 0 Å². The second-order valence-electron chi connectivity index (χ2n) is 9.67. The smallest absolute Gasteiger partial charge is 0.266 e. The summed E-state index contributed by atoms with van der Waals surface area (Å²) in [6.07, 6.45) is 2.89. The van der Waals surface area contributed by atoms with Crippen LogP contribution in [0.15, 0.2) is 68.9 Å². The zero-order chi connectivity index (χ0) is 26.0. The Balaban J connectivity index is 0.000000127. The number of H-pyrrole nitrogens is 2. The molecule has 0 bridgehead atoms. The molecule has 38 heavy (non-hydrogen) atoms. The molecule has 0 spiro atoms. The first-order valence-electron chi connectivity index (χ1n) is 12.6. The third-order valence-electron chi connectivity index (χ3n) is 7.79. The Kier molecular flexibility index (Phi) is 5.76. The minimum Gasteiger partial charge on any atom is -0.320 e. The van der Waals surface area contributed by atoms with E-state index < -0.39 is 0 Å². The summed E-state index contributed by atoms with van der Waals surface area (Å²) in [4.78, 5) is 30.4. The van der Waals surface area contributed by atoms with Gasteiger partial charge in [-0.15, -0.1) is 22.7 Å². The fourth-order valence-corrected chi connectivity index (χ4v) is 8.16. The van der Waals surface area contributed by atoms with Crippen molar-refractivity contribution in [3.8, 4) is 22.5 Å². The molecule has 7 heteroatoms. The maximum Gasteiger partial charge on any atom is 0.266 e. The van der Waals surface area contributed by atoms with Crippen molar-refractivity contribution < 1.29 is 0 Å². The lowest BCUT2D eigenvalue weighted by atomic mass is 10.0. The lowest BCUT2D eigenvalue weighted by molar-refractivity contribution is 1.09. The highest BCUT2D eigenvalue weighted by molar-refractivity contribution is 9.08. The molecule has 8 rings (SSSR count). The van der Waals surface area contributed by atoms with Crippen LogP contribution < -0.4 is 11.1 Å². The molecule has 2 aromatic carbocycles. The Morgan fingerprint density at radius 3 is 1.71 bits per heavy atom. The first kappa shape index (κ1) is 23.8. The van der Waals surface area contributed by atoms with Gasteiger partial charge >= 0.3 is 0 Å². The maximum absolute atomic E-state index is 12.1. The van der Waals surface area contributed by atoms with Gasteiger partial charge in [0.25, 0.3) is 11.1 Å². The summed E-state index contributed by atoms with van der Waals surface area (Å²) in [5, 5.41) is 7.09. The fraction of sp³-hybridized carbons (Fsp3) is 0.161. The molecule has 0 fully saturated rings. The molecule has 2 aliphatic carbocycles. The Labute approximate surface area is 235 Å². The molecule has 0 saturated heterocycles. The van der Waals surface area contributed by atoms with Gasteiger partial charge in [-0.2, -0.15) is 0 Å². The van der Waals surface area contributed by atoms with Gasteiger partial charge < -0.3 is 9.97 Å². The van der Waals surface area contributed by atoms with Gasteiger partial charge in [-0.05, 0) is 62.7 Å². The second-order valence-corrected chi connectivity index (χ2v) is 12.1. The van der Waals surface area contributed by atoms with Crippen molar-refractivity contribution in [2.75, 3.05) is 0 Å². The molecule has 4 nitrogen and oxygen atoms in total. The summed E-state index contributed by atoms with van der Waals surface area (Å²) >= 11 is 6.58. The number of fused-ring (bicyclic) bond motifs is 10. The third-order valence-corrected chi connectivity index (χ3v) is 10.2. The number of aromatic nitrogens is 2. The number of aryl methyl sites for hydroxylation is 1. The highest BCUT2D eigenvalue weighted by atomic mass is 79.9. The molecule has 4 aromatic heterocycles. The van der Waals surface area contributed by atoms with Crippen molar-refractivity contribution >= 4 is 58.8 Å². The molecule has 2 aliphatic rings. The number of alkyl halides is 1. The molecule has 0 atom stereocenters. The standard InChI is InChI=1S/C16H13NOS.C15H10BrNOS/c1-2-9-4-3-5-10-12(9)8-13-11-6-7-19-15(11)16(18)17-14(10)13;16-7-8-2-1-3-9-11(8)6-12-10-4-5-19-14(10)15(18)17-13(9)12/h3-7H,2,8H2,1H3,(H,17,18);1-5H,6-7H2,(H,17,18). The minimum absolute atomic E-state index is 0.0286. The van der Waals surface area contributed by atoms with E-state index in [-0.39, 0.29) is 11.1 Å². The number of rotatable bonds is 2. The summed E-state index contributed by atoms with van der Waals surface area (Å²) in [6, 6.07) is 16.8. The molecule has 0 amide bonds. The zero-order valence-corrected chi connectivity index (χ0v) is 23.8. The van der Waals surface area contributed by atoms with Gasteiger partial charge in [0.1, 0.15) is 0 Å². The number of pyridine rings is 2. The van der Waals surface area contributed by atoms with Gasteiger partial charge in [0.05, 0.1) is 20.8 Å². The second kappa shape index (κ2) is 9.19.